The summed E-state index contributed by atoms with van der Waals surface area (Å²) in [6.07, 6.45) is 2.70. The zero-order chi connectivity index (χ0) is 13.2. The monoisotopic (exact) mass is 261 g/mol. The molecule has 0 radical (unpaired) electrons. The van der Waals surface area contributed by atoms with Crippen molar-refractivity contribution in [2.24, 2.45) is 0 Å². The Morgan fingerprint density at radius 1 is 1.26 bits per heavy atom. The molecule has 102 valence electrons. The predicted octanol–water partition coefficient (Wildman–Crippen LogP) is 2.09. The van der Waals surface area contributed by atoms with E-state index in [9.17, 15) is 4.79 Å². The van der Waals surface area contributed by atoms with Crippen LogP contribution in [0.4, 0.5) is 0 Å². The SMILES string of the molecule is CCOC1CN(C(=O)c2ccccc2OC2CC2)C1. The Morgan fingerprint density at radius 3 is 2.68 bits per heavy atom. The van der Waals surface area contributed by atoms with Gasteiger partial charge in [-0.15, -0.1) is 0 Å². The summed E-state index contributed by atoms with van der Waals surface area (Å²) >= 11 is 0. The van der Waals surface area contributed by atoms with E-state index in [1.54, 1.807) is 0 Å². The Morgan fingerprint density at radius 2 is 2.00 bits per heavy atom. The average molecular weight is 261 g/mol. The van der Waals surface area contributed by atoms with Gasteiger partial charge in [0.05, 0.1) is 17.8 Å². The van der Waals surface area contributed by atoms with Crippen molar-refractivity contribution in [1.29, 1.82) is 0 Å². The zero-order valence-electron chi connectivity index (χ0n) is 11.2. The molecule has 0 bridgehead atoms. The number of amides is 1. The van der Waals surface area contributed by atoms with Crippen molar-refractivity contribution >= 4 is 5.91 Å². The molecule has 2 fully saturated rings. The van der Waals surface area contributed by atoms with Crippen molar-refractivity contribution < 1.29 is 14.3 Å². The number of likely N-dealkylation sites (tertiary alicyclic amines) is 1. The third kappa shape index (κ3) is 2.73. The number of ether oxygens (including phenoxy) is 2. The van der Waals surface area contributed by atoms with Gasteiger partial charge in [-0.1, -0.05) is 12.1 Å². The van der Waals surface area contributed by atoms with Crippen LogP contribution in [0.3, 0.4) is 0 Å². The molecular weight excluding hydrogens is 242 g/mol. The van der Waals surface area contributed by atoms with E-state index in [-0.39, 0.29) is 12.0 Å². The molecule has 19 heavy (non-hydrogen) atoms. The summed E-state index contributed by atoms with van der Waals surface area (Å²) in [6, 6.07) is 7.51. The summed E-state index contributed by atoms with van der Waals surface area (Å²) in [7, 11) is 0. The number of carbonyl (C=O) groups is 1. The molecule has 1 aromatic rings. The van der Waals surface area contributed by atoms with Gasteiger partial charge >= 0.3 is 0 Å². The molecule has 4 nitrogen and oxygen atoms in total. The Bertz CT molecular complexity index is 464. The molecule has 1 aliphatic carbocycles. The van der Waals surface area contributed by atoms with E-state index < -0.39 is 0 Å². The number of para-hydroxylation sites is 1. The Hall–Kier alpha value is -1.55. The zero-order valence-corrected chi connectivity index (χ0v) is 11.2. The van der Waals surface area contributed by atoms with Crippen LogP contribution in [0.25, 0.3) is 0 Å². The molecule has 0 N–H and O–H groups in total. The lowest BCUT2D eigenvalue weighted by Gasteiger charge is -2.38. The van der Waals surface area contributed by atoms with Gasteiger partial charge in [0.2, 0.25) is 0 Å². The van der Waals surface area contributed by atoms with E-state index in [0.29, 0.717) is 31.4 Å². The van der Waals surface area contributed by atoms with Gasteiger partial charge in [-0.2, -0.15) is 0 Å². The van der Waals surface area contributed by atoms with Crippen molar-refractivity contribution in [2.45, 2.75) is 32.0 Å². The number of carbonyl (C=O) groups excluding carboxylic acids is 1. The highest BCUT2D eigenvalue weighted by atomic mass is 16.5. The second kappa shape index (κ2) is 5.21. The van der Waals surface area contributed by atoms with Crippen molar-refractivity contribution in [3.63, 3.8) is 0 Å². The topological polar surface area (TPSA) is 38.8 Å². The highest BCUT2D eigenvalue weighted by Gasteiger charge is 2.33. The first-order valence-electron chi connectivity index (χ1n) is 6.94. The van der Waals surface area contributed by atoms with Gasteiger partial charge in [0.1, 0.15) is 5.75 Å². The van der Waals surface area contributed by atoms with Gasteiger partial charge in [0, 0.05) is 19.7 Å². The summed E-state index contributed by atoms with van der Waals surface area (Å²) in [4.78, 5) is 14.2. The smallest absolute Gasteiger partial charge is 0.257 e. The van der Waals surface area contributed by atoms with Crippen molar-refractivity contribution in [2.75, 3.05) is 19.7 Å². The van der Waals surface area contributed by atoms with Gasteiger partial charge < -0.3 is 14.4 Å². The standard InChI is InChI=1S/C15H19NO3/c1-2-18-12-9-16(10-12)15(17)13-5-3-4-6-14(13)19-11-7-8-11/h3-6,11-12H,2,7-10H2,1H3. The predicted molar refractivity (Wildman–Crippen MR) is 71.4 cm³/mol. The first kappa shape index (κ1) is 12.5. The fourth-order valence-corrected chi connectivity index (χ4v) is 2.23. The van der Waals surface area contributed by atoms with Crippen LogP contribution in [0.5, 0.6) is 5.75 Å². The largest absolute Gasteiger partial charge is 0.490 e. The first-order chi connectivity index (χ1) is 9.28. The highest BCUT2D eigenvalue weighted by molar-refractivity contribution is 5.97. The number of hydrogen-bond acceptors (Lipinski definition) is 3. The fraction of sp³-hybridized carbons (Fsp3) is 0.533. The maximum absolute atomic E-state index is 12.4. The third-order valence-electron chi connectivity index (χ3n) is 3.47. The summed E-state index contributed by atoms with van der Waals surface area (Å²) in [5.41, 5.74) is 0.671. The van der Waals surface area contributed by atoms with Crippen molar-refractivity contribution in [3.05, 3.63) is 29.8 Å². The minimum atomic E-state index is 0.0483. The molecule has 0 aromatic heterocycles. The molecule has 0 atom stereocenters. The summed E-state index contributed by atoms with van der Waals surface area (Å²) < 4.78 is 11.3. The van der Waals surface area contributed by atoms with Gasteiger partial charge in [-0.25, -0.2) is 0 Å². The molecule has 1 aromatic carbocycles. The van der Waals surface area contributed by atoms with Gasteiger partial charge in [-0.3, -0.25) is 4.79 Å². The Labute approximate surface area is 113 Å². The van der Waals surface area contributed by atoms with Crippen LogP contribution in [0.1, 0.15) is 30.1 Å². The Kier molecular flexibility index (Phi) is 3.42. The molecule has 3 rings (SSSR count). The lowest BCUT2D eigenvalue weighted by molar-refractivity contribution is -0.0379. The molecule has 1 saturated carbocycles. The van der Waals surface area contributed by atoms with Crippen LogP contribution in [0, 0.1) is 0 Å². The molecule has 0 unspecified atom stereocenters. The van der Waals surface area contributed by atoms with E-state index in [1.165, 1.54) is 0 Å². The van der Waals surface area contributed by atoms with E-state index in [4.69, 9.17) is 9.47 Å². The highest BCUT2D eigenvalue weighted by Crippen LogP contribution is 2.30. The van der Waals surface area contributed by atoms with Gasteiger partial charge in [0.15, 0.2) is 0 Å². The lowest BCUT2D eigenvalue weighted by atomic mass is 10.1. The number of benzene rings is 1. The summed E-state index contributed by atoms with van der Waals surface area (Å²) in [5, 5.41) is 0. The molecule has 1 saturated heterocycles. The molecule has 1 amide bonds. The quantitative estimate of drug-likeness (QED) is 0.814. The lowest BCUT2D eigenvalue weighted by Crippen LogP contribution is -2.54. The van der Waals surface area contributed by atoms with Crippen LogP contribution in [-0.2, 0) is 4.74 Å². The van der Waals surface area contributed by atoms with Gasteiger partial charge in [-0.05, 0) is 31.9 Å². The van der Waals surface area contributed by atoms with E-state index in [1.807, 2.05) is 36.1 Å². The fourth-order valence-electron chi connectivity index (χ4n) is 2.23. The number of hydrogen-bond donors (Lipinski definition) is 0. The summed E-state index contributed by atoms with van der Waals surface area (Å²) in [5.74, 6) is 0.766. The molecule has 1 aliphatic heterocycles. The number of rotatable bonds is 5. The minimum absolute atomic E-state index is 0.0483. The van der Waals surface area contributed by atoms with Crippen LogP contribution in [0.15, 0.2) is 24.3 Å². The molecule has 2 aliphatic rings. The minimum Gasteiger partial charge on any atom is -0.490 e. The molecule has 4 heteroatoms. The average Bonchev–Trinajstić information content (AvgIpc) is 3.17. The van der Waals surface area contributed by atoms with Crippen molar-refractivity contribution in [3.8, 4) is 5.75 Å². The first-order valence-corrected chi connectivity index (χ1v) is 6.94. The normalized spacial score (nSPS) is 19.1. The van der Waals surface area contributed by atoms with Crippen LogP contribution in [-0.4, -0.2) is 42.7 Å². The van der Waals surface area contributed by atoms with E-state index in [0.717, 1.165) is 18.6 Å². The Balaban J connectivity index is 1.66. The second-order valence-corrected chi connectivity index (χ2v) is 5.10. The third-order valence-corrected chi connectivity index (χ3v) is 3.47. The second-order valence-electron chi connectivity index (χ2n) is 5.10. The maximum atomic E-state index is 12.4. The number of nitrogens with zero attached hydrogens (tertiary/aromatic N) is 1. The van der Waals surface area contributed by atoms with Crippen LogP contribution in [0.2, 0.25) is 0 Å². The van der Waals surface area contributed by atoms with Crippen LogP contribution < -0.4 is 4.74 Å². The van der Waals surface area contributed by atoms with E-state index in [2.05, 4.69) is 0 Å². The maximum Gasteiger partial charge on any atom is 0.257 e. The van der Waals surface area contributed by atoms with Crippen LogP contribution >= 0.6 is 0 Å². The van der Waals surface area contributed by atoms with Crippen molar-refractivity contribution in [1.82, 2.24) is 4.90 Å². The molecular formula is C15H19NO3. The molecule has 0 spiro atoms. The van der Waals surface area contributed by atoms with Gasteiger partial charge in [0.25, 0.3) is 5.91 Å². The molecule has 1 heterocycles. The summed E-state index contributed by atoms with van der Waals surface area (Å²) in [6.45, 7) is 4.05. The van der Waals surface area contributed by atoms with E-state index >= 15 is 0 Å².